The maximum Gasteiger partial charge on any atom is 0.282 e. The van der Waals surface area contributed by atoms with E-state index in [0.717, 1.165) is 20.6 Å². The van der Waals surface area contributed by atoms with Crippen molar-refractivity contribution in [3.63, 3.8) is 0 Å². The van der Waals surface area contributed by atoms with Crippen LogP contribution in [-0.4, -0.2) is 54.6 Å². The van der Waals surface area contributed by atoms with Crippen molar-refractivity contribution in [1.29, 1.82) is 0 Å². The molecule has 5 rings (SSSR count). The molecule has 0 aromatic heterocycles. The molecular weight excluding hydrogens is 666 g/mol. The van der Waals surface area contributed by atoms with Gasteiger partial charge in [-0.1, -0.05) is 72.1 Å². The van der Waals surface area contributed by atoms with Gasteiger partial charge in [-0.15, -0.1) is 0 Å². The standard InChI is InChI=1S/C24H18Br3N3O6/c25-12-7-5-11(6-8-12)17(31)10-28(22(32)13-3-1-2-4-16(13)30(35)36)29-23(33)18-14-9-15(19(18)24(29)34)21(27)20(14)26/h1-8,14-15,18-21H,9-10H2/t14-,15-,18-,19-,20+,21+/m1/s1. The number of Topliss-reactive ketones (excluding diaryl/α,β-unsaturated/α-hetero) is 1. The minimum atomic E-state index is -0.965. The van der Waals surface area contributed by atoms with Crippen molar-refractivity contribution in [2.24, 2.45) is 23.7 Å². The molecule has 1 aliphatic heterocycles. The Hall–Kier alpha value is -2.44. The van der Waals surface area contributed by atoms with Crippen molar-refractivity contribution in [3.8, 4) is 0 Å². The van der Waals surface area contributed by atoms with Gasteiger partial charge in [0.15, 0.2) is 5.78 Å². The Morgan fingerprint density at radius 1 is 0.972 bits per heavy atom. The van der Waals surface area contributed by atoms with Crippen LogP contribution in [0.15, 0.2) is 53.0 Å². The lowest BCUT2D eigenvalue weighted by Crippen LogP contribution is -2.52. The highest BCUT2D eigenvalue weighted by Crippen LogP contribution is 2.60. The number of carbonyl (C=O) groups is 4. The largest absolute Gasteiger partial charge is 0.292 e. The number of nitrogens with zero attached hydrogens (tertiary/aromatic N) is 3. The Morgan fingerprint density at radius 3 is 2.08 bits per heavy atom. The Balaban J connectivity index is 1.55. The third-order valence-corrected chi connectivity index (χ3v) is 11.0. The molecule has 0 N–H and O–H groups in total. The molecule has 3 aliphatic rings. The normalized spacial score (nSPS) is 28.4. The van der Waals surface area contributed by atoms with E-state index in [1.54, 1.807) is 24.3 Å². The summed E-state index contributed by atoms with van der Waals surface area (Å²) in [5.41, 5.74) is -0.536. The van der Waals surface area contributed by atoms with Gasteiger partial charge in [0.2, 0.25) is 0 Å². The van der Waals surface area contributed by atoms with Gasteiger partial charge in [0, 0.05) is 25.8 Å². The van der Waals surface area contributed by atoms with E-state index in [0.29, 0.717) is 6.42 Å². The second-order valence-corrected chi connectivity index (χ2v) is 12.1. The molecule has 2 aromatic carbocycles. The van der Waals surface area contributed by atoms with Gasteiger partial charge in [-0.25, -0.2) is 5.01 Å². The number of para-hydroxylation sites is 1. The Kier molecular flexibility index (Phi) is 6.63. The highest BCUT2D eigenvalue weighted by Gasteiger charge is 2.67. The van der Waals surface area contributed by atoms with E-state index >= 15 is 0 Å². The van der Waals surface area contributed by atoms with E-state index in [9.17, 15) is 29.3 Å². The number of halogens is 3. The molecule has 2 bridgehead atoms. The second-order valence-electron chi connectivity index (χ2n) is 9.06. The van der Waals surface area contributed by atoms with Crippen LogP contribution in [0.5, 0.6) is 0 Å². The van der Waals surface area contributed by atoms with Crippen LogP contribution in [0, 0.1) is 33.8 Å². The molecule has 1 heterocycles. The molecule has 36 heavy (non-hydrogen) atoms. The number of hydrogen-bond acceptors (Lipinski definition) is 6. The van der Waals surface area contributed by atoms with Gasteiger partial charge in [0.25, 0.3) is 23.4 Å². The number of imide groups is 1. The summed E-state index contributed by atoms with van der Waals surface area (Å²) in [4.78, 5) is 65.0. The summed E-state index contributed by atoms with van der Waals surface area (Å²) in [5, 5.41) is 13.1. The van der Waals surface area contributed by atoms with Crippen molar-refractivity contribution in [3.05, 3.63) is 74.2 Å². The molecule has 12 heteroatoms. The number of benzene rings is 2. The summed E-state index contributed by atoms with van der Waals surface area (Å²) in [6.07, 6.45) is 0.697. The van der Waals surface area contributed by atoms with E-state index in [1.165, 1.54) is 18.2 Å². The number of ketones is 1. The molecule has 2 aromatic rings. The average molecular weight is 684 g/mol. The quantitative estimate of drug-likeness (QED) is 0.147. The smallest absolute Gasteiger partial charge is 0.282 e. The molecule has 186 valence electrons. The lowest BCUT2D eigenvalue weighted by Gasteiger charge is -2.30. The summed E-state index contributed by atoms with van der Waals surface area (Å²) in [6, 6.07) is 11.7. The van der Waals surface area contributed by atoms with Crippen LogP contribution in [0.25, 0.3) is 0 Å². The fraction of sp³-hybridized carbons (Fsp3) is 0.333. The van der Waals surface area contributed by atoms with Gasteiger partial charge in [0.1, 0.15) is 12.1 Å². The first kappa shape index (κ1) is 25.2. The van der Waals surface area contributed by atoms with E-state index in [-0.39, 0.29) is 32.6 Å². The van der Waals surface area contributed by atoms with Crippen molar-refractivity contribution < 1.29 is 24.1 Å². The number of alkyl halides is 2. The van der Waals surface area contributed by atoms with Gasteiger partial charge >= 0.3 is 0 Å². The number of amides is 3. The molecule has 3 fully saturated rings. The van der Waals surface area contributed by atoms with Crippen LogP contribution in [0.2, 0.25) is 0 Å². The summed E-state index contributed by atoms with van der Waals surface area (Å²) >= 11 is 10.6. The number of nitro benzene ring substituents is 1. The SMILES string of the molecule is O=C(CN(C(=O)c1ccccc1[N+](=O)[O-])N1C(=O)[C@@H]2[C@H]3C[C@@H]([C@H](Br)[C@H]3Br)[C@H]2C1=O)c1ccc(Br)cc1. The topological polar surface area (TPSA) is 118 Å². The van der Waals surface area contributed by atoms with Crippen LogP contribution < -0.4 is 0 Å². The summed E-state index contributed by atoms with van der Waals surface area (Å²) in [5.74, 6) is -4.05. The van der Waals surface area contributed by atoms with E-state index in [1.807, 2.05) is 0 Å². The molecule has 0 unspecified atom stereocenters. The summed E-state index contributed by atoms with van der Waals surface area (Å²) in [6.45, 7) is -0.631. The van der Waals surface area contributed by atoms with Crippen LogP contribution in [0.1, 0.15) is 27.1 Å². The van der Waals surface area contributed by atoms with Crippen LogP contribution >= 0.6 is 47.8 Å². The molecular formula is C24H18Br3N3O6. The van der Waals surface area contributed by atoms with Crippen LogP contribution in [-0.2, 0) is 9.59 Å². The Labute approximate surface area is 230 Å². The highest BCUT2D eigenvalue weighted by atomic mass is 79.9. The van der Waals surface area contributed by atoms with E-state index in [2.05, 4.69) is 47.8 Å². The first-order chi connectivity index (χ1) is 17.1. The first-order valence-electron chi connectivity index (χ1n) is 11.1. The van der Waals surface area contributed by atoms with E-state index < -0.39 is 52.5 Å². The minimum absolute atomic E-state index is 0.00999. The third kappa shape index (κ3) is 3.93. The van der Waals surface area contributed by atoms with E-state index in [4.69, 9.17) is 0 Å². The molecule has 0 radical (unpaired) electrons. The zero-order chi connectivity index (χ0) is 25.9. The zero-order valence-corrected chi connectivity index (χ0v) is 23.2. The average Bonchev–Trinajstić information content (AvgIpc) is 3.47. The zero-order valence-electron chi connectivity index (χ0n) is 18.4. The lowest BCUT2D eigenvalue weighted by molar-refractivity contribution is -0.385. The van der Waals surface area contributed by atoms with Crippen molar-refractivity contribution in [2.75, 3.05) is 6.54 Å². The van der Waals surface area contributed by atoms with Gasteiger partial charge in [-0.3, -0.25) is 29.3 Å². The monoisotopic (exact) mass is 681 g/mol. The molecule has 9 nitrogen and oxygen atoms in total. The molecule has 2 saturated carbocycles. The minimum Gasteiger partial charge on any atom is -0.292 e. The lowest BCUT2D eigenvalue weighted by atomic mass is 9.81. The number of rotatable bonds is 6. The number of hydrazine groups is 1. The molecule has 2 aliphatic carbocycles. The molecule has 1 saturated heterocycles. The van der Waals surface area contributed by atoms with Crippen LogP contribution in [0.3, 0.4) is 0 Å². The Morgan fingerprint density at radius 2 is 1.53 bits per heavy atom. The van der Waals surface area contributed by atoms with Crippen LogP contribution in [0.4, 0.5) is 5.69 Å². The van der Waals surface area contributed by atoms with Crippen molar-refractivity contribution >= 4 is 77.0 Å². The maximum atomic E-state index is 13.7. The predicted octanol–water partition coefficient (Wildman–Crippen LogP) is 4.38. The molecule has 6 atom stereocenters. The highest BCUT2D eigenvalue weighted by molar-refractivity contribution is 9.12. The fourth-order valence-corrected chi connectivity index (χ4v) is 7.76. The predicted molar refractivity (Wildman–Crippen MR) is 138 cm³/mol. The number of nitro groups is 1. The third-order valence-electron chi connectivity index (χ3n) is 7.23. The fourth-order valence-electron chi connectivity index (χ4n) is 5.62. The number of fused-ring (bicyclic) bond motifs is 5. The van der Waals surface area contributed by atoms with Gasteiger partial charge in [0.05, 0.1) is 16.8 Å². The summed E-state index contributed by atoms with van der Waals surface area (Å²) < 4.78 is 0.744. The Bertz CT molecular complexity index is 1270. The van der Waals surface area contributed by atoms with Crippen molar-refractivity contribution in [1.82, 2.24) is 10.0 Å². The molecule has 0 spiro atoms. The van der Waals surface area contributed by atoms with Gasteiger partial charge < -0.3 is 0 Å². The molecule has 3 amide bonds. The number of carbonyl (C=O) groups excluding carboxylic acids is 4. The maximum absolute atomic E-state index is 13.7. The summed E-state index contributed by atoms with van der Waals surface area (Å²) in [7, 11) is 0. The first-order valence-corrected chi connectivity index (χ1v) is 13.7. The van der Waals surface area contributed by atoms with Gasteiger partial charge in [-0.2, -0.15) is 5.01 Å². The number of hydrogen-bond donors (Lipinski definition) is 0. The van der Waals surface area contributed by atoms with Crippen molar-refractivity contribution in [2.45, 2.75) is 16.1 Å². The van der Waals surface area contributed by atoms with Gasteiger partial charge in [-0.05, 0) is 36.5 Å². The second kappa shape index (κ2) is 9.46.